The molecule has 2 aromatic rings. The van der Waals surface area contributed by atoms with Crippen molar-refractivity contribution in [3.05, 3.63) is 39.8 Å². The largest absolute Gasteiger partial charge is 0.272 e. The number of nitrogens with zero attached hydrogens (tertiary/aromatic N) is 1. The van der Waals surface area contributed by atoms with Gasteiger partial charge in [0.25, 0.3) is 10.0 Å². The van der Waals surface area contributed by atoms with Crippen molar-refractivity contribution >= 4 is 43.1 Å². The van der Waals surface area contributed by atoms with Crippen LogP contribution >= 0.6 is 27.3 Å². The molecule has 2 heterocycles. The maximum Gasteiger partial charge on any atom is 0.272 e. The maximum absolute atomic E-state index is 12.0. The Bertz CT molecular complexity index is 637. The van der Waals surface area contributed by atoms with E-state index < -0.39 is 10.0 Å². The van der Waals surface area contributed by atoms with Gasteiger partial charge in [-0.1, -0.05) is 6.07 Å². The molecule has 0 saturated heterocycles. The summed E-state index contributed by atoms with van der Waals surface area (Å²) in [7, 11) is -3.52. The van der Waals surface area contributed by atoms with Crippen molar-refractivity contribution in [3.8, 4) is 0 Å². The second-order valence-corrected chi connectivity index (χ2v) is 7.33. The lowest BCUT2D eigenvalue weighted by Gasteiger charge is -2.05. The van der Waals surface area contributed by atoms with Gasteiger partial charge in [-0.25, -0.2) is 13.4 Å². The smallest absolute Gasteiger partial charge is 0.263 e. The van der Waals surface area contributed by atoms with Gasteiger partial charge in [-0.05, 0) is 47.1 Å². The minimum Gasteiger partial charge on any atom is -0.263 e. The molecule has 0 aliphatic heterocycles. The van der Waals surface area contributed by atoms with E-state index in [1.165, 1.54) is 11.3 Å². The predicted molar refractivity (Wildman–Crippen MR) is 71.8 cm³/mol. The summed E-state index contributed by atoms with van der Waals surface area (Å²) in [5.74, 6) is 0.297. The Morgan fingerprint density at radius 2 is 2.06 bits per heavy atom. The molecule has 0 fully saturated rings. The zero-order valence-corrected chi connectivity index (χ0v) is 12.1. The van der Waals surface area contributed by atoms with Crippen LogP contribution in [0.5, 0.6) is 0 Å². The molecule has 4 nitrogen and oxygen atoms in total. The first kappa shape index (κ1) is 12.5. The molecule has 2 rings (SSSR count). The van der Waals surface area contributed by atoms with Gasteiger partial charge in [0.05, 0.1) is 0 Å². The van der Waals surface area contributed by atoms with Crippen LogP contribution < -0.4 is 4.72 Å². The van der Waals surface area contributed by atoms with Crippen molar-refractivity contribution in [1.82, 2.24) is 4.98 Å². The second-order valence-electron chi connectivity index (χ2n) is 3.32. The van der Waals surface area contributed by atoms with E-state index in [1.807, 2.05) is 6.92 Å². The number of halogens is 1. The molecule has 0 amide bonds. The Labute approximate surface area is 112 Å². The van der Waals surface area contributed by atoms with Gasteiger partial charge in [0.15, 0.2) is 0 Å². The molecule has 0 aromatic carbocycles. The van der Waals surface area contributed by atoms with Gasteiger partial charge >= 0.3 is 0 Å². The van der Waals surface area contributed by atoms with Crippen LogP contribution in [0.2, 0.25) is 0 Å². The van der Waals surface area contributed by atoms with Crippen molar-refractivity contribution < 1.29 is 8.42 Å². The predicted octanol–water partition coefficient (Wildman–Crippen LogP) is 3.01. The summed E-state index contributed by atoms with van der Waals surface area (Å²) in [6.45, 7) is 1.86. The fourth-order valence-electron chi connectivity index (χ4n) is 1.21. The summed E-state index contributed by atoms with van der Waals surface area (Å²) in [5, 5.41) is 0. The first-order chi connectivity index (χ1) is 7.97. The Morgan fingerprint density at radius 3 is 2.65 bits per heavy atom. The van der Waals surface area contributed by atoms with Crippen molar-refractivity contribution in [1.29, 1.82) is 0 Å². The van der Waals surface area contributed by atoms with Crippen molar-refractivity contribution in [2.75, 3.05) is 4.72 Å². The third-order valence-corrected chi connectivity index (χ3v) is 5.22. The highest BCUT2D eigenvalue weighted by atomic mass is 79.9. The molecule has 1 N–H and O–H groups in total. The summed E-state index contributed by atoms with van der Waals surface area (Å²) in [6, 6.07) is 8.40. The minimum absolute atomic E-state index is 0.289. The van der Waals surface area contributed by atoms with Gasteiger partial charge in [0.2, 0.25) is 0 Å². The van der Waals surface area contributed by atoms with Crippen LogP contribution in [-0.4, -0.2) is 13.4 Å². The number of rotatable bonds is 3. The van der Waals surface area contributed by atoms with Crippen molar-refractivity contribution in [2.24, 2.45) is 0 Å². The Morgan fingerprint density at radius 1 is 1.29 bits per heavy atom. The number of aryl methyl sites for hydroxylation is 1. The molecule has 2 aromatic heterocycles. The van der Waals surface area contributed by atoms with Gasteiger partial charge in [-0.3, -0.25) is 4.72 Å². The highest BCUT2D eigenvalue weighted by Crippen LogP contribution is 2.23. The molecule has 90 valence electrons. The van der Waals surface area contributed by atoms with Crippen LogP contribution in [-0.2, 0) is 10.0 Å². The molecule has 0 atom stereocenters. The van der Waals surface area contributed by atoms with Crippen molar-refractivity contribution in [2.45, 2.75) is 11.1 Å². The second kappa shape index (κ2) is 4.75. The molecule has 0 spiro atoms. The molecule has 7 heteroatoms. The van der Waals surface area contributed by atoms with E-state index in [0.717, 1.165) is 4.88 Å². The lowest BCUT2D eigenvalue weighted by atomic mass is 10.5. The van der Waals surface area contributed by atoms with Gasteiger partial charge in [0.1, 0.15) is 14.6 Å². The summed E-state index contributed by atoms with van der Waals surface area (Å²) in [4.78, 5) is 4.97. The monoisotopic (exact) mass is 332 g/mol. The number of pyridine rings is 1. The molecule has 0 radical (unpaired) electrons. The molecule has 0 unspecified atom stereocenters. The number of sulfonamides is 1. The number of anilines is 1. The van der Waals surface area contributed by atoms with Crippen LogP contribution in [0.4, 0.5) is 5.82 Å². The lowest BCUT2D eigenvalue weighted by molar-refractivity contribution is 0.603. The van der Waals surface area contributed by atoms with E-state index in [9.17, 15) is 8.42 Å². The number of hydrogen-bond donors (Lipinski definition) is 1. The standard InChI is InChI=1S/C10H9BrN2O2S2/c1-7-5-6-10(16-7)17(14,15)13-9-4-2-3-8(11)12-9/h2-6H,1H3,(H,12,13). The average molecular weight is 333 g/mol. The lowest BCUT2D eigenvalue weighted by Crippen LogP contribution is -2.12. The molecule has 0 aliphatic rings. The number of aromatic nitrogens is 1. The summed E-state index contributed by atoms with van der Waals surface area (Å²) >= 11 is 4.41. The molecule has 17 heavy (non-hydrogen) atoms. The third kappa shape index (κ3) is 3.05. The Balaban J connectivity index is 2.29. The number of hydrogen-bond acceptors (Lipinski definition) is 4. The van der Waals surface area contributed by atoms with E-state index in [2.05, 4.69) is 25.6 Å². The zero-order valence-electron chi connectivity index (χ0n) is 8.84. The first-order valence-corrected chi connectivity index (χ1v) is 7.78. The van der Waals surface area contributed by atoms with Gasteiger partial charge in [-0.15, -0.1) is 11.3 Å². The molecule has 0 aliphatic carbocycles. The van der Waals surface area contributed by atoms with E-state index in [0.29, 0.717) is 10.4 Å². The normalized spacial score (nSPS) is 11.4. The Hall–Kier alpha value is -0.920. The summed E-state index contributed by atoms with van der Waals surface area (Å²) < 4.78 is 27.2. The quantitative estimate of drug-likeness (QED) is 0.879. The van der Waals surface area contributed by atoms with E-state index in [-0.39, 0.29) is 4.21 Å². The van der Waals surface area contributed by atoms with E-state index in [4.69, 9.17) is 0 Å². The molecule has 0 saturated carbocycles. The third-order valence-electron chi connectivity index (χ3n) is 1.93. The summed E-state index contributed by atoms with van der Waals surface area (Å²) in [5.41, 5.74) is 0. The van der Waals surface area contributed by atoms with Crippen LogP contribution in [0.15, 0.2) is 39.1 Å². The van der Waals surface area contributed by atoms with Gasteiger partial charge in [-0.2, -0.15) is 0 Å². The van der Waals surface area contributed by atoms with Crippen LogP contribution in [0.1, 0.15) is 4.88 Å². The topological polar surface area (TPSA) is 59.1 Å². The average Bonchev–Trinajstić information content (AvgIpc) is 2.65. The molecule has 0 bridgehead atoms. The van der Waals surface area contributed by atoms with Crippen molar-refractivity contribution in [3.63, 3.8) is 0 Å². The highest BCUT2D eigenvalue weighted by molar-refractivity contribution is 9.10. The van der Waals surface area contributed by atoms with Crippen LogP contribution in [0.25, 0.3) is 0 Å². The van der Waals surface area contributed by atoms with Gasteiger partial charge < -0.3 is 0 Å². The first-order valence-electron chi connectivity index (χ1n) is 4.69. The molecular weight excluding hydrogens is 324 g/mol. The number of nitrogens with one attached hydrogen (secondary N) is 1. The van der Waals surface area contributed by atoms with Gasteiger partial charge in [0, 0.05) is 4.88 Å². The molecular formula is C10H9BrN2O2S2. The number of thiophene rings is 1. The minimum atomic E-state index is -3.52. The highest BCUT2D eigenvalue weighted by Gasteiger charge is 2.16. The van der Waals surface area contributed by atoms with Crippen LogP contribution in [0, 0.1) is 6.92 Å². The van der Waals surface area contributed by atoms with E-state index >= 15 is 0 Å². The fraction of sp³-hybridized carbons (Fsp3) is 0.100. The maximum atomic E-state index is 12.0. The Kier molecular flexibility index (Phi) is 3.50. The van der Waals surface area contributed by atoms with E-state index in [1.54, 1.807) is 30.3 Å². The zero-order chi connectivity index (χ0) is 12.5. The van der Waals surface area contributed by atoms with Crippen LogP contribution in [0.3, 0.4) is 0 Å². The summed E-state index contributed by atoms with van der Waals surface area (Å²) in [6.07, 6.45) is 0. The SMILES string of the molecule is Cc1ccc(S(=O)(=O)Nc2cccc(Br)n2)s1. The fourth-order valence-corrected chi connectivity index (χ4v) is 3.84.